The van der Waals surface area contributed by atoms with Gasteiger partial charge in [0.25, 0.3) is 5.78 Å². The molecule has 130 valence electrons. The Morgan fingerprint density at radius 3 is 2.42 bits per heavy atom. The lowest BCUT2D eigenvalue weighted by atomic mass is 10.1. The third kappa shape index (κ3) is 2.92. The van der Waals surface area contributed by atoms with Gasteiger partial charge < -0.3 is 5.32 Å². The number of nitrogens with zero attached hydrogens (tertiary/aromatic N) is 4. The molecule has 2 aromatic heterocycles. The number of hydrogen-bond acceptors (Lipinski definition) is 4. The van der Waals surface area contributed by atoms with Gasteiger partial charge in [0.15, 0.2) is 5.82 Å². The number of nitrogens with one attached hydrogen (secondary N) is 1. The summed E-state index contributed by atoms with van der Waals surface area (Å²) in [4.78, 5) is 9.18. The van der Waals surface area contributed by atoms with Crippen molar-refractivity contribution in [1.82, 2.24) is 19.6 Å². The number of aromatic nitrogens is 4. The van der Waals surface area contributed by atoms with Gasteiger partial charge in [-0.15, -0.1) is 5.10 Å². The molecule has 0 unspecified atom stereocenters. The fraction of sp³-hybridized carbons (Fsp3) is 0.190. The predicted molar refractivity (Wildman–Crippen MR) is 105 cm³/mol. The van der Waals surface area contributed by atoms with Crippen LogP contribution >= 0.6 is 0 Å². The van der Waals surface area contributed by atoms with E-state index in [1.165, 1.54) is 11.1 Å². The Morgan fingerprint density at radius 1 is 0.846 bits per heavy atom. The van der Waals surface area contributed by atoms with E-state index in [9.17, 15) is 0 Å². The van der Waals surface area contributed by atoms with Gasteiger partial charge in [-0.2, -0.15) is 9.50 Å². The van der Waals surface area contributed by atoms with Crippen molar-refractivity contribution >= 4 is 17.3 Å². The highest BCUT2D eigenvalue weighted by molar-refractivity contribution is 5.65. The third-order valence-electron chi connectivity index (χ3n) is 4.47. The van der Waals surface area contributed by atoms with Crippen molar-refractivity contribution in [2.24, 2.45) is 0 Å². The molecule has 0 aliphatic carbocycles. The highest BCUT2D eigenvalue weighted by atomic mass is 15.4. The van der Waals surface area contributed by atoms with Gasteiger partial charge in [-0.1, -0.05) is 42.0 Å². The normalized spacial score (nSPS) is 11.1. The van der Waals surface area contributed by atoms with E-state index in [-0.39, 0.29) is 0 Å². The minimum absolute atomic E-state index is 0.593. The molecule has 5 heteroatoms. The molecule has 0 radical (unpaired) electrons. The summed E-state index contributed by atoms with van der Waals surface area (Å²) in [5.74, 6) is 2.13. The fourth-order valence-corrected chi connectivity index (χ4v) is 3.11. The number of aryl methyl sites for hydroxylation is 4. The fourth-order valence-electron chi connectivity index (χ4n) is 3.11. The van der Waals surface area contributed by atoms with Crippen molar-refractivity contribution in [3.05, 3.63) is 70.9 Å². The van der Waals surface area contributed by atoms with Crippen molar-refractivity contribution in [2.75, 3.05) is 5.32 Å². The maximum absolute atomic E-state index is 4.71. The zero-order valence-corrected chi connectivity index (χ0v) is 15.4. The molecule has 2 heterocycles. The molecule has 5 nitrogen and oxygen atoms in total. The van der Waals surface area contributed by atoms with Crippen LogP contribution in [-0.4, -0.2) is 19.6 Å². The minimum Gasteiger partial charge on any atom is -0.340 e. The zero-order chi connectivity index (χ0) is 18.3. The van der Waals surface area contributed by atoms with Gasteiger partial charge in [-0.3, -0.25) is 0 Å². The number of rotatable bonds is 3. The van der Waals surface area contributed by atoms with Crippen LogP contribution in [0.25, 0.3) is 17.2 Å². The molecule has 0 saturated carbocycles. The number of fused-ring (bicyclic) bond motifs is 1. The van der Waals surface area contributed by atoms with Crippen LogP contribution in [0.5, 0.6) is 0 Å². The average Bonchev–Trinajstić information content (AvgIpc) is 3.01. The molecule has 0 aliphatic rings. The monoisotopic (exact) mass is 343 g/mol. The van der Waals surface area contributed by atoms with Crippen molar-refractivity contribution < 1.29 is 0 Å². The predicted octanol–water partition coefficient (Wildman–Crippen LogP) is 4.77. The van der Waals surface area contributed by atoms with Crippen molar-refractivity contribution in [1.29, 1.82) is 0 Å². The summed E-state index contributed by atoms with van der Waals surface area (Å²) in [6.07, 6.45) is 0. The first-order chi connectivity index (χ1) is 12.5. The molecule has 4 rings (SSSR count). The standard InChI is InChI=1S/C21H21N5/c1-13-9-10-18(15(3)11-13)23-19-12-16(4)22-21-24-20(25-26(19)21)17-8-6-5-7-14(17)2/h5-12,23H,1-4H3. The molecular formula is C21H21N5. The smallest absolute Gasteiger partial charge is 0.254 e. The SMILES string of the molecule is Cc1ccc(Nc2cc(C)nc3nc(-c4ccccc4C)nn23)c(C)c1. The summed E-state index contributed by atoms with van der Waals surface area (Å²) < 4.78 is 1.77. The van der Waals surface area contributed by atoms with Crippen LogP contribution in [0.2, 0.25) is 0 Å². The maximum Gasteiger partial charge on any atom is 0.254 e. The van der Waals surface area contributed by atoms with Gasteiger partial charge in [0.05, 0.1) is 0 Å². The molecule has 1 N–H and O–H groups in total. The van der Waals surface area contributed by atoms with E-state index in [0.717, 1.165) is 28.3 Å². The Balaban J connectivity index is 1.83. The quantitative estimate of drug-likeness (QED) is 0.582. The lowest BCUT2D eigenvalue weighted by Crippen LogP contribution is -2.03. The van der Waals surface area contributed by atoms with E-state index in [1.54, 1.807) is 4.52 Å². The molecule has 0 fully saturated rings. The molecular weight excluding hydrogens is 322 g/mol. The number of hydrogen-bond donors (Lipinski definition) is 1. The van der Waals surface area contributed by atoms with E-state index in [0.29, 0.717) is 11.6 Å². The van der Waals surface area contributed by atoms with E-state index < -0.39 is 0 Å². The van der Waals surface area contributed by atoms with Gasteiger partial charge >= 0.3 is 0 Å². The van der Waals surface area contributed by atoms with E-state index in [1.807, 2.05) is 31.2 Å². The third-order valence-corrected chi connectivity index (χ3v) is 4.47. The number of anilines is 2. The van der Waals surface area contributed by atoms with Crippen LogP contribution in [-0.2, 0) is 0 Å². The molecule has 0 bridgehead atoms. The lowest BCUT2D eigenvalue weighted by Gasteiger charge is -2.11. The van der Waals surface area contributed by atoms with Gasteiger partial charge in [0, 0.05) is 23.0 Å². The van der Waals surface area contributed by atoms with Gasteiger partial charge in [0.1, 0.15) is 5.82 Å². The largest absolute Gasteiger partial charge is 0.340 e. The Kier molecular flexibility index (Phi) is 3.92. The molecule has 2 aromatic carbocycles. The van der Waals surface area contributed by atoms with Crippen LogP contribution in [0.4, 0.5) is 11.5 Å². The lowest BCUT2D eigenvalue weighted by molar-refractivity contribution is 0.939. The highest BCUT2D eigenvalue weighted by Gasteiger charge is 2.13. The Hall–Kier alpha value is -3.21. The number of benzene rings is 2. The Labute approximate surface area is 152 Å². The first-order valence-electron chi connectivity index (χ1n) is 8.66. The van der Waals surface area contributed by atoms with Crippen LogP contribution in [0.3, 0.4) is 0 Å². The van der Waals surface area contributed by atoms with E-state index in [2.05, 4.69) is 60.3 Å². The molecule has 0 amide bonds. The maximum atomic E-state index is 4.71. The van der Waals surface area contributed by atoms with Gasteiger partial charge in [-0.25, -0.2) is 4.98 Å². The first kappa shape index (κ1) is 16.3. The summed E-state index contributed by atoms with van der Waals surface area (Å²) in [5, 5.41) is 8.19. The minimum atomic E-state index is 0.593. The summed E-state index contributed by atoms with van der Waals surface area (Å²) in [6, 6.07) is 16.5. The molecule has 0 spiro atoms. The second-order valence-corrected chi connectivity index (χ2v) is 6.69. The van der Waals surface area contributed by atoms with Crippen molar-refractivity contribution in [3.63, 3.8) is 0 Å². The second-order valence-electron chi connectivity index (χ2n) is 6.69. The summed E-state index contributed by atoms with van der Waals surface area (Å²) >= 11 is 0. The average molecular weight is 343 g/mol. The van der Waals surface area contributed by atoms with Crippen LogP contribution in [0.15, 0.2) is 48.5 Å². The molecule has 0 atom stereocenters. The summed E-state index contributed by atoms with van der Waals surface area (Å²) in [5.41, 5.74) is 6.54. The van der Waals surface area contributed by atoms with Gasteiger partial charge in [0.2, 0.25) is 0 Å². The van der Waals surface area contributed by atoms with Crippen molar-refractivity contribution in [2.45, 2.75) is 27.7 Å². The van der Waals surface area contributed by atoms with Gasteiger partial charge in [-0.05, 0) is 44.9 Å². The van der Waals surface area contributed by atoms with Crippen LogP contribution < -0.4 is 5.32 Å². The molecule has 0 saturated heterocycles. The van der Waals surface area contributed by atoms with E-state index >= 15 is 0 Å². The molecule has 26 heavy (non-hydrogen) atoms. The first-order valence-corrected chi connectivity index (χ1v) is 8.66. The van der Waals surface area contributed by atoms with E-state index in [4.69, 9.17) is 5.10 Å². The van der Waals surface area contributed by atoms with Crippen molar-refractivity contribution in [3.8, 4) is 11.4 Å². The topological polar surface area (TPSA) is 55.1 Å². The highest BCUT2D eigenvalue weighted by Crippen LogP contribution is 2.25. The van der Waals surface area contributed by atoms with Crippen LogP contribution in [0, 0.1) is 27.7 Å². The summed E-state index contributed by atoms with van der Waals surface area (Å²) in [6.45, 7) is 8.22. The summed E-state index contributed by atoms with van der Waals surface area (Å²) in [7, 11) is 0. The Morgan fingerprint density at radius 2 is 1.65 bits per heavy atom. The Bertz CT molecular complexity index is 1110. The molecule has 4 aromatic rings. The second kappa shape index (κ2) is 6.26. The van der Waals surface area contributed by atoms with Crippen LogP contribution in [0.1, 0.15) is 22.4 Å². The zero-order valence-electron chi connectivity index (χ0n) is 15.4. The molecule has 0 aliphatic heterocycles.